The van der Waals surface area contributed by atoms with Crippen molar-refractivity contribution in [2.45, 2.75) is 51.6 Å². The van der Waals surface area contributed by atoms with Crippen LogP contribution in [0.25, 0.3) is 0 Å². The molecule has 0 atom stereocenters. The Morgan fingerprint density at radius 2 is 1.95 bits per heavy atom. The number of hydrogen-bond acceptors (Lipinski definition) is 3. The van der Waals surface area contributed by atoms with Crippen LogP contribution >= 0.6 is 0 Å². The summed E-state index contributed by atoms with van der Waals surface area (Å²) in [6.07, 6.45) is 4.21. The second-order valence-electron chi connectivity index (χ2n) is 6.02. The van der Waals surface area contributed by atoms with Crippen LogP contribution in [0.1, 0.15) is 45.1 Å². The lowest BCUT2D eigenvalue weighted by molar-refractivity contribution is -0.149. The van der Waals surface area contributed by atoms with E-state index in [0.29, 0.717) is 18.9 Å². The summed E-state index contributed by atoms with van der Waals surface area (Å²) < 4.78 is 11.3. The summed E-state index contributed by atoms with van der Waals surface area (Å²) in [7, 11) is 1.64. The molecule has 1 aromatic carbocycles. The Hall–Kier alpha value is -1.35. The molecule has 0 spiro atoms. The molecule has 3 heteroatoms. The summed E-state index contributed by atoms with van der Waals surface area (Å²) >= 11 is 0. The molecule has 0 amide bonds. The van der Waals surface area contributed by atoms with Crippen LogP contribution in [0, 0.1) is 5.92 Å². The van der Waals surface area contributed by atoms with E-state index in [-0.39, 0.29) is 5.78 Å². The number of carbonyl (C=O) groups excluding carboxylic acids is 1. The molecular weight excluding hydrogens is 264 g/mol. The first kappa shape index (κ1) is 16.0. The first-order valence-corrected chi connectivity index (χ1v) is 7.90. The zero-order chi connectivity index (χ0) is 15.3. The maximum absolute atomic E-state index is 12.9. The lowest BCUT2D eigenvalue weighted by Crippen LogP contribution is -2.45. The molecule has 0 bridgehead atoms. The van der Waals surface area contributed by atoms with Crippen LogP contribution in [0.5, 0.6) is 5.75 Å². The number of benzene rings is 1. The van der Waals surface area contributed by atoms with E-state index in [0.717, 1.165) is 37.0 Å². The molecule has 0 saturated heterocycles. The molecule has 2 rings (SSSR count). The Kier molecular flexibility index (Phi) is 5.40. The number of ketones is 1. The molecule has 21 heavy (non-hydrogen) atoms. The summed E-state index contributed by atoms with van der Waals surface area (Å²) in [5, 5.41) is 0. The van der Waals surface area contributed by atoms with Crippen molar-refractivity contribution in [1.82, 2.24) is 0 Å². The molecule has 1 saturated carbocycles. The summed E-state index contributed by atoms with van der Waals surface area (Å²) in [6.45, 7) is 4.81. The Morgan fingerprint density at radius 1 is 1.29 bits per heavy atom. The van der Waals surface area contributed by atoms with Gasteiger partial charge in [0.05, 0.1) is 7.11 Å². The summed E-state index contributed by atoms with van der Waals surface area (Å²) in [5.41, 5.74) is 0.366. The van der Waals surface area contributed by atoms with E-state index in [9.17, 15) is 4.79 Å². The molecule has 3 nitrogen and oxygen atoms in total. The normalized spacial score (nSPS) is 25.6. The summed E-state index contributed by atoms with van der Waals surface area (Å²) in [6, 6.07) is 7.73. The minimum absolute atomic E-state index is 0.195. The largest absolute Gasteiger partial charge is 0.496 e. The van der Waals surface area contributed by atoms with Crippen LogP contribution < -0.4 is 4.74 Å². The van der Waals surface area contributed by atoms with Gasteiger partial charge in [-0.25, -0.2) is 0 Å². The number of carbonyl (C=O) groups is 1. The van der Waals surface area contributed by atoms with Gasteiger partial charge in [-0.15, -0.1) is 0 Å². The standard InChI is InChI=1S/C18H26O3/c1-4-21-18(11-9-14(2)10-12-18)17(19)13-15-7-5-6-8-16(15)20-3/h5-8,14H,4,9-13H2,1-3H3. The number of hydrogen-bond donors (Lipinski definition) is 0. The van der Waals surface area contributed by atoms with E-state index in [1.54, 1.807) is 7.11 Å². The second kappa shape index (κ2) is 7.08. The van der Waals surface area contributed by atoms with Crippen LogP contribution in [-0.4, -0.2) is 25.1 Å². The molecule has 1 aromatic rings. The van der Waals surface area contributed by atoms with E-state index < -0.39 is 5.60 Å². The van der Waals surface area contributed by atoms with Gasteiger partial charge in [0, 0.05) is 18.6 Å². The van der Waals surface area contributed by atoms with Crippen molar-refractivity contribution in [3.63, 3.8) is 0 Å². The monoisotopic (exact) mass is 290 g/mol. The average molecular weight is 290 g/mol. The fourth-order valence-corrected chi connectivity index (χ4v) is 3.19. The Labute approximate surface area is 127 Å². The molecule has 1 aliphatic rings. The minimum Gasteiger partial charge on any atom is -0.496 e. The third-order valence-corrected chi connectivity index (χ3v) is 4.55. The molecule has 1 fully saturated rings. The Morgan fingerprint density at radius 3 is 2.57 bits per heavy atom. The van der Waals surface area contributed by atoms with Gasteiger partial charge in [0.1, 0.15) is 11.4 Å². The van der Waals surface area contributed by atoms with Crippen molar-refractivity contribution in [1.29, 1.82) is 0 Å². The number of rotatable bonds is 6. The van der Waals surface area contributed by atoms with Crippen LogP contribution in [0.4, 0.5) is 0 Å². The first-order valence-electron chi connectivity index (χ1n) is 7.90. The van der Waals surface area contributed by atoms with E-state index >= 15 is 0 Å². The number of ether oxygens (including phenoxy) is 2. The maximum atomic E-state index is 12.9. The first-order chi connectivity index (χ1) is 10.1. The zero-order valence-electron chi connectivity index (χ0n) is 13.4. The van der Waals surface area contributed by atoms with Crippen molar-refractivity contribution in [3.05, 3.63) is 29.8 Å². The highest BCUT2D eigenvalue weighted by Crippen LogP contribution is 2.36. The summed E-state index contributed by atoms with van der Waals surface area (Å²) in [5.74, 6) is 1.67. The van der Waals surface area contributed by atoms with Crippen molar-refractivity contribution in [2.24, 2.45) is 5.92 Å². The van der Waals surface area contributed by atoms with Gasteiger partial charge < -0.3 is 9.47 Å². The molecule has 1 aliphatic carbocycles. The third kappa shape index (κ3) is 3.65. The van der Waals surface area contributed by atoms with Crippen molar-refractivity contribution >= 4 is 5.78 Å². The lowest BCUT2D eigenvalue weighted by atomic mass is 9.75. The van der Waals surface area contributed by atoms with Crippen LogP contribution in [0.15, 0.2) is 24.3 Å². The number of Topliss-reactive ketones (excluding diaryl/α,β-unsaturated/α-hetero) is 1. The third-order valence-electron chi connectivity index (χ3n) is 4.55. The topological polar surface area (TPSA) is 35.5 Å². The highest BCUT2D eigenvalue weighted by molar-refractivity contribution is 5.89. The molecule has 0 N–H and O–H groups in total. The predicted octanol–water partition coefficient (Wildman–Crippen LogP) is 3.79. The highest BCUT2D eigenvalue weighted by Gasteiger charge is 2.41. The summed E-state index contributed by atoms with van der Waals surface area (Å²) in [4.78, 5) is 12.9. The Bertz CT molecular complexity index is 473. The highest BCUT2D eigenvalue weighted by atomic mass is 16.5. The maximum Gasteiger partial charge on any atom is 0.169 e. The average Bonchev–Trinajstić information content (AvgIpc) is 2.50. The Balaban J connectivity index is 2.15. The zero-order valence-corrected chi connectivity index (χ0v) is 13.4. The SMILES string of the molecule is CCOC1(C(=O)Cc2ccccc2OC)CCC(C)CC1. The van der Waals surface area contributed by atoms with Gasteiger partial charge >= 0.3 is 0 Å². The fourth-order valence-electron chi connectivity index (χ4n) is 3.19. The van der Waals surface area contributed by atoms with Crippen LogP contribution in [0.2, 0.25) is 0 Å². The van der Waals surface area contributed by atoms with Crippen LogP contribution in [-0.2, 0) is 16.0 Å². The van der Waals surface area contributed by atoms with Crippen molar-refractivity contribution in [2.75, 3.05) is 13.7 Å². The van der Waals surface area contributed by atoms with Gasteiger partial charge in [-0.3, -0.25) is 4.79 Å². The van der Waals surface area contributed by atoms with Crippen LogP contribution in [0.3, 0.4) is 0 Å². The molecule has 0 radical (unpaired) electrons. The van der Waals surface area contributed by atoms with E-state index in [4.69, 9.17) is 9.47 Å². The van der Waals surface area contributed by atoms with Crippen molar-refractivity contribution < 1.29 is 14.3 Å². The quantitative estimate of drug-likeness (QED) is 0.799. The van der Waals surface area contributed by atoms with Gasteiger partial charge in [-0.2, -0.15) is 0 Å². The van der Waals surface area contributed by atoms with E-state index in [1.165, 1.54) is 0 Å². The van der Waals surface area contributed by atoms with Crippen molar-refractivity contribution in [3.8, 4) is 5.75 Å². The molecular formula is C18H26O3. The molecule has 0 aromatic heterocycles. The minimum atomic E-state index is -0.581. The smallest absolute Gasteiger partial charge is 0.169 e. The van der Waals surface area contributed by atoms with Gasteiger partial charge in [0.15, 0.2) is 5.78 Å². The molecule has 116 valence electrons. The van der Waals surface area contributed by atoms with E-state index in [1.807, 2.05) is 31.2 Å². The van der Waals surface area contributed by atoms with Gasteiger partial charge in [-0.05, 0) is 44.6 Å². The van der Waals surface area contributed by atoms with Gasteiger partial charge in [0.2, 0.25) is 0 Å². The molecule has 0 unspecified atom stereocenters. The van der Waals surface area contributed by atoms with Gasteiger partial charge in [-0.1, -0.05) is 25.1 Å². The predicted molar refractivity (Wildman–Crippen MR) is 83.7 cm³/mol. The van der Waals surface area contributed by atoms with Gasteiger partial charge in [0.25, 0.3) is 0 Å². The van der Waals surface area contributed by atoms with E-state index in [2.05, 4.69) is 6.92 Å². The lowest BCUT2D eigenvalue weighted by Gasteiger charge is -2.38. The molecule has 0 aliphatic heterocycles. The molecule has 0 heterocycles. The number of para-hydroxylation sites is 1. The fraction of sp³-hybridized carbons (Fsp3) is 0.611. The number of methoxy groups -OCH3 is 1. The second-order valence-corrected chi connectivity index (χ2v) is 6.02.